The summed E-state index contributed by atoms with van der Waals surface area (Å²) in [6.07, 6.45) is 1.97. The van der Waals surface area contributed by atoms with Crippen LogP contribution in [0.4, 0.5) is 0 Å². The van der Waals surface area contributed by atoms with Crippen molar-refractivity contribution in [1.82, 2.24) is 15.1 Å². The van der Waals surface area contributed by atoms with Gasteiger partial charge in [-0.1, -0.05) is 6.92 Å². The van der Waals surface area contributed by atoms with E-state index >= 15 is 0 Å². The van der Waals surface area contributed by atoms with Crippen molar-refractivity contribution in [3.8, 4) is 0 Å². The molecule has 0 bridgehead atoms. The van der Waals surface area contributed by atoms with Gasteiger partial charge in [-0.15, -0.1) is 0 Å². The highest BCUT2D eigenvalue weighted by molar-refractivity contribution is 5.81. The minimum absolute atomic E-state index is 0.116. The van der Waals surface area contributed by atoms with Crippen LogP contribution in [0.15, 0.2) is 0 Å². The van der Waals surface area contributed by atoms with Crippen LogP contribution in [0.5, 0.6) is 0 Å². The molecule has 0 aromatic carbocycles. The third-order valence-corrected chi connectivity index (χ3v) is 4.27. The van der Waals surface area contributed by atoms with E-state index in [1.54, 1.807) is 7.11 Å². The Morgan fingerprint density at radius 3 is 2.25 bits per heavy atom. The monoisotopic (exact) mass is 285 g/mol. The summed E-state index contributed by atoms with van der Waals surface area (Å²) in [7, 11) is 1.64. The highest BCUT2D eigenvalue weighted by Crippen LogP contribution is 2.13. The molecule has 1 aliphatic heterocycles. The molecule has 20 heavy (non-hydrogen) atoms. The van der Waals surface area contributed by atoms with Gasteiger partial charge >= 0.3 is 0 Å². The summed E-state index contributed by atoms with van der Waals surface area (Å²) in [5.74, 6) is 0.116. The largest absolute Gasteiger partial charge is 0.370 e. The Kier molecular flexibility index (Phi) is 8.11. The van der Waals surface area contributed by atoms with Crippen LogP contribution in [0, 0.1) is 0 Å². The second-order valence-electron chi connectivity index (χ2n) is 5.30. The van der Waals surface area contributed by atoms with Crippen LogP contribution in [0.2, 0.25) is 0 Å². The lowest BCUT2D eigenvalue weighted by Gasteiger charge is -2.36. The molecule has 0 radical (unpaired) electrons. The normalized spacial score (nSPS) is 18.2. The standard InChI is InChI=1S/C15H31N3O2/c1-5-17(6-2)15(19)14(20-4)12-18(7-3)13-8-10-16-11-9-13/h13-14,16H,5-12H2,1-4H3. The molecule has 0 aromatic heterocycles. The van der Waals surface area contributed by atoms with Crippen molar-refractivity contribution < 1.29 is 9.53 Å². The van der Waals surface area contributed by atoms with E-state index in [2.05, 4.69) is 17.1 Å². The van der Waals surface area contributed by atoms with E-state index in [-0.39, 0.29) is 12.0 Å². The highest BCUT2D eigenvalue weighted by atomic mass is 16.5. The topological polar surface area (TPSA) is 44.8 Å². The Bertz CT molecular complexity index is 276. The number of ether oxygens (including phenoxy) is 1. The van der Waals surface area contributed by atoms with Gasteiger partial charge in [0.15, 0.2) is 0 Å². The molecule has 1 unspecified atom stereocenters. The average Bonchev–Trinajstić information content (AvgIpc) is 2.50. The molecule has 1 saturated heterocycles. The Hall–Kier alpha value is -0.650. The Balaban J connectivity index is 2.61. The number of hydrogen-bond acceptors (Lipinski definition) is 4. The van der Waals surface area contributed by atoms with Crippen LogP contribution < -0.4 is 5.32 Å². The number of carbonyl (C=O) groups excluding carboxylic acids is 1. The van der Waals surface area contributed by atoms with Gasteiger partial charge in [0.05, 0.1) is 0 Å². The van der Waals surface area contributed by atoms with Gasteiger partial charge in [-0.25, -0.2) is 0 Å². The fraction of sp³-hybridized carbons (Fsp3) is 0.933. The lowest BCUT2D eigenvalue weighted by atomic mass is 10.0. The molecule has 1 rings (SSSR count). The number of carbonyl (C=O) groups is 1. The predicted octanol–water partition coefficient (Wildman–Crippen LogP) is 0.944. The third-order valence-electron chi connectivity index (χ3n) is 4.27. The first-order valence-corrected chi connectivity index (χ1v) is 7.94. The molecule has 0 spiro atoms. The summed E-state index contributed by atoms with van der Waals surface area (Å²) in [4.78, 5) is 16.7. The minimum atomic E-state index is -0.343. The second-order valence-corrected chi connectivity index (χ2v) is 5.30. The van der Waals surface area contributed by atoms with Gasteiger partial charge in [0.1, 0.15) is 6.10 Å². The molecule has 1 aliphatic rings. The SMILES string of the molecule is CCN(CC)C(=O)C(CN(CC)C1CCNCC1)OC. The van der Waals surface area contributed by atoms with Crippen LogP contribution >= 0.6 is 0 Å². The number of methoxy groups -OCH3 is 1. The zero-order valence-electron chi connectivity index (χ0n) is 13.5. The van der Waals surface area contributed by atoms with Gasteiger partial charge in [-0.2, -0.15) is 0 Å². The van der Waals surface area contributed by atoms with Crippen molar-refractivity contribution in [3.63, 3.8) is 0 Å². The first-order valence-electron chi connectivity index (χ1n) is 7.94. The van der Waals surface area contributed by atoms with Crippen LogP contribution in [-0.2, 0) is 9.53 Å². The number of rotatable bonds is 8. The van der Waals surface area contributed by atoms with Gasteiger partial charge in [-0.05, 0) is 46.3 Å². The maximum Gasteiger partial charge on any atom is 0.253 e. The molecule has 0 aliphatic carbocycles. The molecule has 5 nitrogen and oxygen atoms in total. The van der Waals surface area contributed by atoms with Crippen molar-refractivity contribution in [3.05, 3.63) is 0 Å². The molecular weight excluding hydrogens is 254 g/mol. The molecule has 1 fully saturated rings. The highest BCUT2D eigenvalue weighted by Gasteiger charge is 2.28. The first-order chi connectivity index (χ1) is 9.67. The molecular formula is C15H31N3O2. The van der Waals surface area contributed by atoms with Gasteiger partial charge in [0, 0.05) is 32.8 Å². The zero-order valence-corrected chi connectivity index (χ0v) is 13.5. The van der Waals surface area contributed by atoms with Crippen LogP contribution in [0.1, 0.15) is 33.6 Å². The lowest BCUT2D eigenvalue weighted by Crippen LogP contribution is -2.50. The van der Waals surface area contributed by atoms with E-state index in [1.807, 2.05) is 18.7 Å². The third kappa shape index (κ3) is 4.72. The van der Waals surface area contributed by atoms with Crippen LogP contribution in [0.3, 0.4) is 0 Å². The van der Waals surface area contributed by atoms with Gasteiger partial charge in [0.25, 0.3) is 5.91 Å². The van der Waals surface area contributed by atoms with Crippen molar-refractivity contribution in [2.45, 2.75) is 45.8 Å². The maximum atomic E-state index is 12.4. The molecule has 5 heteroatoms. The van der Waals surface area contributed by atoms with Crippen molar-refractivity contribution in [2.24, 2.45) is 0 Å². The summed E-state index contributed by atoms with van der Waals surface area (Å²) < 4.78 is 5.47. The minimum Gasteiger partial charge on any atom is -0.370 e. The van der Waals surface area contributed by atoms with E-state index in [1.165, 1.54) is 0 Å². The van der Waals surface area contributed by atoms with E-state index in [4.69, 9.17) is 4.74 Å². The van der Waals surface area contributed by atoms with Crippen molar-refractivity contribution in [1.29, 1.82) is 0 Å². The van der Waals surface area contributed by atoms with Crippen LogP contribution in [0.25, 0.3) is 0 Å². The van der Waals surface area contributed by atoms with Crippen molar-refractivity contribution >= 4 is 5.91 Å². The zero-order chi connectivity index (χ0) is 15.0. The summed E-state index contributed by atoms with van der Waals surface area (Å²) in [6.45, 7) is 11.5. The molecule has 0 aromatic rings. The predicted molar refractivity (Wildman–Crippen MR) is 81.9 cm³/mol. The summed E-state index contributed by atoms with van der Waals surface area (Å²) in [6, 6.07) is 0.573. The number of likely N-dealkylation sites (N-methyl/N-ethyl adjacent to an activating group) is 2. The van der Waals surface area contributed by atoms with Crippen LogP contribution in [-0.4, -0.2) is 74.2 Å². The van der Waals surface area contributed by atoms with Gasteiger partial charge in [-0.3, -0.25) is 9.69 Å². The average molecular weight is 285 g/mol. The maximum absolute atomic E-state index is 12.4. The Morgan fingerprint density at radius 1 is 1.20 bits per heavy atom. The first kappa shape index (κ1) is 17.4. The molecule has 1 heterocycles. The lowest BCUT2D eigenvalue weighted by molar-refractivity contribution is -0.143. The van der Waals surface area contributed by atoms with Crippen molar-refractivity contribution in [2.75, 3.05) is 46.4 Å². The summed E-state index contributed by atoms with van der Waals surface area (Å²) >= 11 is 0. The van der Waals surface area contributed by atoms with E-state index in [9.17, 15) is 4.79 Å². The van der Waals surface area contributed by atoms with Gasteiger partial charge < -0.3 is 15.0 Å². The molecule has 1 amide bonds. The fourth-order valence-electron chi connectivity index (χ4n) is 2.91. The Morgan fingerprint density at radius 2 is 1.80 bits per heavy atom. The molecule has 0 saturated carbocycles. The molecule has 1 N–H and O–H groups in total. The molecule has 1 atom stereocenters. The Labute approximate surface area is 123 Å². The summed E-state index contributed by atoms with van der Waals surface area (Å²) in [5, 5.41) is 3.39. The smallest absolute Gasteiger partial charge is 0.253 e. The number of hydrogen-bond donors (Lipinski definition) is 1. The number of nitrogens with one attached hydrogen (secondary N) is 1. The summed E-state index contributed by atoms with van der Waals surface area (Å²) in [5.41, 5.74) is 0. The number of nitrogens with zero attached hydrogens (tertiary/aromatic N) is 2. The fourth-order valence-corrected chi connectivity index (χ4v) is 2.91. The quantitative estimate of drug-likeness (QED) is 0.721. The number of piperidine rings is 1. The second kappa shape index (κ2) is 9.32. The van der Waals surface area contributed by atoms with E-state index in [0.29, 0.717) is 12.6 Å². The van der Waals surface area contributed by atoms with Gasteiger partial charge in [0.2, 0.25) is 0 Å². The van der Waals surface area contributed by atoms with E-state index < -0.39 is 0 Å². The number of amides is 1. The molecule has 118 valence electrons. The van der Waals surface area contributed by atoms with E-state index in [0.717, 1.165) is 45.6 Å².